The first-order chi connectivity index (χ1) is 11.4. The minimum atomic E-state index is -0.310. The Balaban J connectivity index is 1.90. The van der Waals surface area contributed by atoms with Gasteiger partial charge in [-0.05, 0) is 0 Å². The first-order valence-corrected chi connectivity index (χ1v) is 8.00. The van der Waals surface area contributed by atoms with Crippen LogP contribution in [0.15, 0.2) is 28.3 Å². The highest BCUT2D eigenvalue weighted by atomic mass is 16.2. The van der Waals surface area contributed by atoms with E-state index in [1.165, 1.54) is 17.7 Å². The maximum Gasteiger partial charge on any atom is 0.330 e. The number of hydrogen-bond acceptors (Lipinski definition) is 5. The number of rotatable bonds is 6. The third-order valence-corrected chi connectivity index (χ3v) is 4.29. The zero-order chi connectivity index (χ0) is 17.7. The van der Waals surface area contributed by atoms with E-state index in [4.69, 9.17) is 0 Å². The minimum absolute atomic E-state index is 0.00250. The van der Waals surface area contributed by atoms with Crippen LogP contribution in [0.5, 0.6) is 0 Å². The molecule has 1 aliphatic rings. The van der Waals surface area contributed by atoms with Crippen molar-refractivity contribution in [1.82, 2.24) is 24.3 Å². The third-order valence-electron chi connectivity index (χ3n) is 4.29. The van der Waals surface area contributed by atoms with Gasteiger partial charge in [-0.3, -0.25) is 28.5 Å². The van der Waals surface area contributed by atoms with Gasteiger partial charge in [-0.25, -0.2) is 4.79 Å². The first-order valence-electron chi connectivity index (χ1n) is 8.00. The van der Waals surface area contributed by atoms with E-state index in [2.05, 4.69) is 21.7 Å². The summed E-state index contributed by atoms with van der Waals surface area (Å²) in [4.78, 5) is 39.7. The molecule has 1 N–H and O–H groups in total. The summed E-state index contributed by atoms with van der Waals surface area (Å²) in [7, 11) is 3.15. The van der Waals surface area contributed by atoms with Crippen LogP contribution in [0.2, 0.25) is 0 Å². The smallest absolute Gasteiger partial charge is 0.330 e. The van der Waals surface area contributed by atoms with Crippen LogP contribution in [-0.4, -0.2) is 64.1 Å². The first kappa shape index (κ1) is 18.2. The van der Waals surface area contributed by atoms with Gasteiger partial charge in [0, 0.05) is 65.1 Å². The van der Waals surface area contributed by atoms with Gasteiger partial charge in [0.15, 0.2) is 0 Å². The molecule has 2 heterocycles. The Hall–Kier alpha value is -2.19. The second-order valence-corrected chi connectivity index (χ2v) is 6.02. The average Bonchev–Trinajstić information content (AvgIpc) is 2.57. The molecule has 0 radical (unpaired) electrons. The molecule has 0 aliphatic carbocycles. The van der Waals surface area contributed by atoms with E-state index < -0.39 is 0 Å². The maximum absolute atomic E-state index is 12.0. The molecule has 1 aliphatic heterocycles. The Morgan fingerprint density at radius 1 is 1.17 bits per heavy atom. The van der Waals surface area contributed by atoms with Crippen molar-refractivity contribution in [2.24, 2.45) is 14.1 Å². The Morgan fingerprint density at radius 3 is 2.42 bits per heavy atom. The van der Waals surface area contributed by atoms with E-state index in [0.29, 0.717) is 25.3 Å². The van der Waals surface area contributed by atoms with Gasteiger partial charge in [0.2, 0.25) is 5.91 Å². The molecule has 2 rings (SSSR count). The molecule has 8 nitrogen and oxygen atoms in total. The monoisotopic (exact) mass is 335 g/mol. The summed E-state index contributed by atoms with van der Waals surface area (Å²) in [6, 6.07) is 1.51. The topological polar surface area (TPSA) is 79.6 Å². The van der Waals surface area contributed by atoms with Crippen molar-refractivity contribution in [2.45, 2.75) is 6.54 Å². The summed E-state index contributed by atoms with van der Waals surface area (Å²) in [5, 5.41) is 2.77. The normalized spacial score (nSPS) is 16.1. The van der Waals surface area contributed by atoms with Gasteiger partial charge >= 0.3 is 5.69 Å². The Kier molecular flexibility index (Phi) is 6.10. The number of carbonyl (C=O) groups excluding carboxylic acids is 1. The lowest BCUT2D eigenvalue weighted by molar-refractivity contribution is -0.122. The summed E-state index contributed by atoms with van der Waals surface area (Å²) in [6.07, 6.45) is 1.66. The highest BCUT2D eigenvalue weighted by Crippen LogP contribution is 2.06. The fourth-order valence-corrected chi connectivity index (χ4v) is 2.71. The number of aromatic nitrogens is 2. The van der Waals surface area contributed by atoms with Crippen molar-refractivity contribution < 1.29 is 4.79 Å². The van der Waals surface area contributed by atoms with Crippen LogP contribution in [-0.2, 0) is 25.4 Å². The number of amides is 1. The van der Waals surface area contributed by atoms with Gasteiger partial charge in [-0.2, -0.15) is 0 Å². The molecule has 1 fully saturated rings. The summed E-state index contributed by atoms with van der Waals surface area (Å²) in [5.74, 6) is -0.00250. The molecular formula is C16H25N5O3. The van der Waals surface area contributed by atoms with Crippen LogP contribution in [0.25, 0.3) is 0 Å². The predicted molar refractivity (Wildman–Crippen MR) is 91.8 cm³/mol. The van der Waals surface area contributed by atoms with Crippen molar-refractivity contribution in [1.29, 1.82) is 0 Å². The fraction of sp³-hybridized carbons (Fsp3) is 0.562. The number of piperazine rings is 1. The van der Waals surface area contributed by atoms with E-state index >= 15 is 0 Å². The van der Waals surface area contributed by atoms with Gasteiger partial charge in [0.1, 0.15) is 0 Å². The van der Waals surface area contributed by atoms with Crippen molar-refractivity contribution in [3.8, 4) is 0 Å². The van der Waals surface area contributed by atoms with Gasteiger partial charge in [-0.1, -0.05) is 6.08 Å². The van der Waals surface area contributed by atoms with Crippen molar-refractivity contribution >= 4 is 5.91 Å². The minimum Gasteiger partial charge on any atom is -0.352 e. The second-order valence-electron chi connectivity index (χ2n) is 6.02. The molecule has 1 saturated heterocycles. The molecule has 1 aromatic heterocycles. The van der Waals surface area contributed by atoms with Crippen molar-refractivity contribution in [3.05, 3.63) is 45.3 Å². The molecule has 0 unspecified atom stereocenters. The standard InChI is InChI=1S/C16H25N5O3/c1-4-5-17-14(22)12-21-8-6-20(7-9-21)11-13-10-15(23)19(3)16(24)18(13)2/h4,10H,1,5-9,11-12H2,2-3H3,(H,17,22). The molecule has 24 heavy (non-hydrogen) atoms. The molecule has 0 saturated carbocycles. The van der Waals surface area contributed by atoms with Gasteiger partial charge in [0.25, 0.3) is 5.56 Å². The van der Waals surface area contributed by atoms with E-state index in [0.717, 1.165) is 30.7 Å². The van der Waals surface area contributed by atoms with E-state index in [9.17, 15) is 14.4 Å². The molecule has 1 amide bonds. The summed E-state index contributed by atoms with van der Waals surface area (Å²) in [5.41, 5.74) is 0.112. The molecular weight excluding hydrogens is 310 g/mol. The lowest BCUT2D eigenvalue weighted by Crippen LogP contribution is -2.49. The van der Waals surface area contributed by atoms with Crippen molar-refractivity contribution in [2.75, 3.05) is 39.3 Å². The Labute approximate surface area is 141 Å². The van der Waals surface area contributed by atoms with E-state index in [1.807, 2.05) is 0 Å². The fourth-order valence-electron chi connectivity index (χ4n) is 2.71. The maximum atomic E-state index is 12.0. The highest BCUT2D eigenvalue weighted by molar-refractivity contribution is 5.78. The van der Waals surface area contributed by atoms with Crippen LogP contribution in [0.3, 0.4) is 0 Å². The molecule has 8 heteroatoms. The van der Waals surface area contributed by atoms with Crippen LogP contribution >= 0.6 is 0 Å². The zero-order valence-electron chi connectivity index (χ0n) is 14.3. The molecule has 132 valence electrons. The number of nitrogens with one attached hydrogen (secondary N) is 1. The van der Waals surface area contributed by atoms with E-state index in [-0.39, 0.29) is 17.2 Å². The number of hydrogen-bond donors (Lipinski definition) is 1. The summed E-state index contributed by atoms with van der Waals surface area (Å²) < 4.78 is 2.61. The van der Waals surface area contributed by atoms with Gasteiger partial charge in [0.05, 0.1) is 6.54 Å². The molecule has 0 aromatic carbocycles. The van der Waals surface area contributed by atoms with Crippen LogP contribution in [0.4, 0.5) is 0 Å². The van der Waals surface area contributed by atoms with E-state index in [1.54, 1.807) is 13.1 Å². The summed E-state index contributed by atoms with van der Waals surface area (Å²) >= 11 is 0. The summed E-state index contributed by atoms with van der Waals surface area (Å²) in [6.45, 7) is 8.12. The highest BCUT2D eigenvalue weighted by Gasteiger charge is 2.20. The number of nitrogens with zero attached hydrogens (tertiary/aromatic N) is 4. The zero-order valence-corrected chi connectivity index (χ0v) is 14.3. The largest absolute Gasteiger partial charge is 0.352 e. The third kappa shape index (κ3) is 4.42. The second kappa shape index (κ2) is 8.07. The molecule has 1 aromatic rings. The van der Waals surface area contributed by atoms with Gasteiger partial charge < -0.3 is 5.32 Å². The van der Waals surface area contributed by atoms with Crippen LogP contribution in [0, 0.1) is 0 Å². The molecule has 0 atom stereocenters. The Morgan fingerprint density at radius 2 is 1.79 bits per heavy atom. The van der Waals surface area contributed by atoms with Crippen LogP contribution in [0.1, 0.15) is 5.69 Å². The molecule has 0 bridgehead atoms. The Bertz CT molecular complexity index is 713. The predicted octanol–water partition coefficient (Wildman–Crippen LogP) is -1.50. The number of carbonyl (C=O) groups is 1. The van der Waals surface area contributed by atoms with Crippen LogP contribution < -0.4 is 16.6 Å². The van der Waals surface area contributed by atoms with Crippen molar-refractivity contribution in [3.63, 3.8) is 0 Å². The average molecular weight is 335 g/mol. The molecule has 0 spiro atoms. The van der Waals surface area contributed by atoms with Gasteiger partial charge in [-0.15, -0.1) is 6.58 Å². The lowest BCUT2D eigenvalue weighted by atomic mass is 10.2. The quantitative estimate of drug-likeness (QED) is 0.641. The SMILES string of the molecule is C=CCNC(=O)CN1CCN(Cc2cc(=O)n(C)c(=O)n2C)CC1. The lowest BCUT2D eigenvalue weighted by Gasteiger charge is -2.34.